The average Bonchev–Trinajstić information content (AvgIpc) is 2.99. The number of hydrogen-bond donors (Lipinski definition) is 1. The normalized spacial score (nSPS) is 12.3. The third kappa shape index (κ3) is 4.33. The van der Waals surface area contributed by atoms with Crippen molar-refractivity contribution in [1.82, 2.24) is 15.1 Å². The molecule has 114 valence electrons. The Bertz CT molecular complexity index is 550. The summed E-state index contributed by atoms with van der Waals surface area (Å²) in [7, 11) is 1.71. The summed E-state index contributed by atoms with van der Waals surface area (Å²) in [5.41, 5.74) is 2.51. The molecule has 0 spiro atoms. The third-order valence-corrected chi connectivity index (χ3v) is 3.59. The number of aryl methyl sites for hydroxylation is 1. The second kappa shape index (κ2) is 7.84. The Kier molecular flexibility index (Phi) is 5.81. The summed E-state index contributed by atoms with van der Waals surface area (Å²) in [6, 6.07) is 8.58. The van der Waals surface area contributed by atoms with Gasteiger partial charge in [-0.25, -0.2) is 0 Å². The lowest BCUT2D eigenvalue weighted by molar-refractivity contribution is 0.412. The van der Waals surface area contributed by atoms with E-state index >= 15 is 0 Å². The van der Waals surface area contributed by atoms with Crippen molar-refractivity contribution in [2.24, 2.45) is 0 Å². The van der Waals surface area contributed by atoms with E-state index in [-0.39, 0.29) is 6.04 Å². The van der Waals surface area contributed by atoms with Crippen molar-refractivity contribution in [3.63, 3.8) is 0 Å². The van der Waals surface area contributed by atoms with Gasteiger partial charge in [-0.3, -0.25) is 4.68 Å². The standard InChI is InChI=1S/C17H25N3O/c1-4-9-18-17(10-14-12-19-20(5-2)13-14)15-7-6-8-16(11-15)21-3/h6-8,11-13,17-18H,4-5,9-10H2,1-3H3. The quantitative estimate of drug-likeness (QED) is 0.810. The number of nitrogens with zero attached hydrogens (tertiary/aromatic N) is 2. The van der Waals surface area contributed by atoms with Gasteiger partial charge in [-0.05, 0) is 49.6 Å². The molecule has 0 aliphatic carbocycles. The van der Waals surface area contributed by atoms with E-state index in [2.05, 4.69) is 42.6 Å². The molecular weight excluding hydrogens is 262 g/mol. The highest BCUT2D eigenvalue weighted by Gasteiger charge is 2.13. The van der Waals surface area contributed by atoms with E-state index in [9.17, 15) is 0 Å². The van der Waals surface area contributed by atoms with Crippen LogP contribution in [-0.4, -0.2) is 23.4 Å². The number of nitrogens with one attached hydrogen (secondary N) is 1. The SMILES string of the molecule is CCCNC(Cc1cnn(CC)c1)c1cccc(OC)c1. The number of methoxy groups -OCH3 is 1. The van der Waals surface area contributed by atoms with Gasteiger partial charge >= 0.3 is 0 Å². The first kappa shape index (κ1) is 15.6. The minimum Gasteiger partial charge on any atom is -0.497 e. The van der Waals surface area contributed by atoms with Gasteiger partial charge in [0, 0.05) is 18.8 Å². The van der Waals surface area contributed by atoms with Crippen molar-refractivity contribution in [3.05, 3.63) is 47.8 Å². The molecule has 21 heavy (non-hydrogen) atoms. The van der Waals surface area contributed by atoms with Gasteiger partial charge in [-0.15, -0.1) is 0 Å². The molecule has 2 aromatic rings. The zero-order valence-corrected chi connectivity index (χ0v) is 13.2. The van der Waals surface area contributed by atoms with E-state index in [1.165, 1.54) is 11.1 Å². The van der Waals surface area contributed by atoms with E-state index < -0.39 is 0 Å². The molecule has 1 unspecified atom stereocenters. The highest BCUT2D eigenvalue weighted by atomic mass is 16.5. The molecule has 0 aliphatic rings. The highest BCUT2D eigenvalue weighted by molar-refractivity contribution is 5.31. The smallest absolute Gasteiger partial charge is 0.119 e. The predicted molar refractivity (Wildman–Crippen MR) is 85.6 cm³/mol. The fraction of sp³-hybridized carbons (Fsp3) is 0.471. The van der Waals surface area contributed by atoms with Gasteiger partial charge in [0.1, 0.15) is 5.75 Å². The number of aromatic nitrogens is 2. The molecule has 0 saturated carbocycles. The summed E-state index contributed by atoms with van der Waals surface area (Å²) in [6.45, 7) is 6.20. The van der Waals surface area contributed by atoms with Crippen LogP contribution in [0.4, 0.5) is 0 Å². The van der Waals surface area contributed by atoms with E-state index in [4.69, 9.17) is 4.74 Å². The average molecular weight is 287 g/mol. The van der Waals surface area contributed by atoms with Gasteiger partial charge in [-0.1, -0.05) is 19.1 Å². The Hall–Kier alpha value is -1.81. The minimum absolute atomic E-state index is 0.287. The predicted octanol–water partition coefficient (Wildman–Crippen LogP) is 3.20. The van der Waals surface area contributed by atoms with E-state index in [0.29, 0.717) is 0 Å². The van der Waals surface area contributed by atoms with Gasteiger partial charge in [0.2, 0.25) is 0 Å². The molecule has 4 heteroatoms. The van der Waals surface area contributed by atoms with Gasteiger partial charge in [0.05, 0.1) is 13.3 Å². The zero-order valence-electron chi connectivity index (χ0n) is 13.2. The fourth-order valence-corrected chi connectivity index (χ4v) is 2.41. The molecule has 0 radical (unpaired) electrons. The number of hydrogen-bond acceptors (Lipinski definition) is 3. The zero-order chi connectivity index (χ0) is 15.1. The number of ether oxygens (including phenoxy) is 1. The Labute approximate surface area is 127 Å². The van der Waals surface area contributed by atoms with Gasteiger partial charge < -0.3 is 10.1 Å². The fourth-order valence-electron chi connectivity index (χ4n) is 2.41. The third-order valence-electron chi connectivity index (χ3n) is 3.59. The number of benzene rings is 1. The van der Waals surface area contributed by atoms with Crippen molar-refractivity contribution < 1.29 is 4.74 Å². The molecule has 0 amide bonds. The maximum absolute atomic E-state index is 5.34. The Morgan fingerprint density at radius 2 is 2.19 bits per heavy atom. The first-order chi connectivity index (χ1) is 10.3. The van der Waals surface area contributed by atoms with E-state index in [1.807, 2.05) is 23.0 Å². The number of rotatable bonds is 8. The molecule has 0 aliphatic heterocycles. The van der Waals surface area contributed by atoms with Crippen LogP contribution in [0.3, 0.4) is 0 Å². The van der Waals surface area contributed by atoms with Crippen LogP contribution < -0.4 is 10.1 Å². The van der Waals surface area contributed by atoms with Crippen LogP contribution in [0.15, 0.2) is 36.7 Å². The topological polar surface area (TPSA) is 39.1 Å². The molecular formula is C17H25N3O. The molecule has 0 fully saturated rings. The molecule has 0 saturated heterocycles. The summed E-state index contributed by atoms with van der Waals surface area (Å²) < 4.78 is 7.31. The molecule has 2 rings (SSSR count). The lowest BCUT2D eigenvalue weighted by Gasteiger charge is -2.19. The van der Waals surface area contributed by atoms with Crippen LogP contribution >= 0.6 is 0 Å². The van der Waals surface area contributed by atoms with Gasteiger partial charge in [-0.2, -0.15) is 5.10 Å². The molecule has 0 bridgehead atoms. The van der Waals surface area contributed by atoms with E-state index in [1.54, 1.807) is 7.11 Å². The van der Waals surface area contributed by atoms with Crippen LogP contribution in [0.2, 0.25) is 0 Å². The van der Waals surface area contributed by atoms with Gasteiger partial charge in [0.15, 0.2) is 0 Å². The molecule has 1 aromatic carbocycles. The molecule has 4 nitrogen and oxygen atoms in total. The molecule has 1 N–H and O–H groups in total. The first-order valence-corrected chi connectivity index (χ1v) is 7.65. The second-order valence-corrected chi connectivity index (χ2v) is 5.19. The molecule has 1 atom stereocenters. The van der Waals surface area contributed by atoms with Crippen molar-refractivity contribution in [2.45, 2.75) is 39.3 Å². The van der Waals surface area contributed by atoms with Crippen molar-refractivity contribution in [1.29, 1.82) is 0 Å². The summed E-state index contributed by atoms with van der Waals surface area (Å²) in [4.78, 5) is 0. The highest BCUT2D eigenvalue weighted by Crippen LogP contribution is 2.22. The lowest BCUT2D eigenvalue weighted by atomic mass is 10.0. The first-order valence-electron chi connectivity index (χ1n) is 7.65. The van der Waals surface area contributed by atoms with Crippen molar-refractivity contribution >= 4 is 0 Å². The summed E-state index contributed by atoms with van der Waals surface area (Å²) >= 11 is 0. The van der Waals surface area contributed by atoms with Crippen LogP contribution in [-0.2, 0) is 13.0 Å². The molecule has 1 aromatic heterocycles. The summed E-state index contributed by atoms with van der Waals surface area (Å²) in [5.74, 6) is 0.903. The summed E-state index contributed by atoms with van der Waals surface area (Å²) in [5, 5.41) is 7.98. The summed E-state index contributed by atoms with van der Waals surface area (Å²) in [6.07, 6.45) is 6.15. The molecule has 1 heterocycles. The van der Waals surface area contributed by atoms with Gasteiger partial charge in [0.25, 0.3) is 0 Å². The van der Waals surface area contributed by atoms with E-state index in [0.717, 1.165) is 31.7 Å². The van der Waals surface area contributed by atoms with Crippen LogP contribution in [0, 0.1) is 0 Å². The van der Waals surface area contributed by atoms with Crippen LogP contribution in [0.5, 0.6) is 5.75 Å². The second-order valence-electron chi connectivity index (χ2n) is 5.19. The Morgan fingerprint density at radius 3 is 2.86 bits per heavy atom. The Morgan fingerprint density at radius 1 is 1.33 bits per heavy atom. The maximum Gasteiger partial charge on any atom is 0.119 e. The minimum atomic E-state index is 0.287. The monoisotopic (exact) mass is 287 g/mol. The lowest BCUT2D eigenvalue weighted by Crippen LogP contribution is -2.24. The van der Waals surface area contributed by atoms with Crippen LogP contribution in [0.1, 0.15) is 37.4 Å². The van der Waals surface area contributed by atoms with Crippen molar-refractivity contribution in [2.75, 3.05) is 13.7 Å². The van der Waals surface area contributed by atoms with Crippen molar-refractivity contribution in [3.8, 4) is 5.75 Å². The maximum atomic E-state index is 5.34. The van der Waals surface area contributed by atoms with Crippen LogP contribution in [0.25, 0.3) is 0 Å². The largest absolute Gasteiger partial charge is 0.497 e. The Balaban J connectivity index is 2.16.